The largest absolute Gasteiger partial charge is 0.338 e. The second-order valence-corrected chi connectivity index (χ2v) is 10.4. The molecule has 8 nitrogen and oxygen atoms in total. The van der Waals surface area contributed by atoms with Gasteiger partial charge in [0.1, 0.15) is 0 Å². The van der Waals surface area contributed by atoms with Crippen molar-refractivity contribution in [3.63, 3.8) is 0 Å². The van der Waals surface area contributed by atoms with Crippen molar-refractivity contribution in [1.82, 2.24) is 29.3 Å². The molecule has 33 heavy (non-hydrogen) atoms. The summed E-state index contributed by atoms with van der Waals surface area (Å²) in [6.07, 6.45) is 0. The van der Waals surface area contributed by atoms with E-state index in [1.54, 1.807) is 4.57 Å². The lowest BCUT2D eigenvalue weighted by Crippen LogP contribution is -2.21. The highest BCUT2D eigenvalue weighted by Crippen LogP contribution is 2.35. The van der Waals surface area contributed by atoms with Crippen molar-refractivity contribution in [2.24, 2.45) is 0 Å². The van der Waals surface area contributed by atoms with Crippen LogP contribution in [-0.4, -0.2) is 29.3 Å². The summed E-state index contributed by atoms with van der Waals surface area (Å²) in [4.78, 5) is 18.0. The number of aromatic nitrogens is 6. The van der Waals surface area contributed by atoms with Gasteiger partial charge in [-0.3, -0.25) is 9.20 Å². The molecule has 0 aliphatic heterocycles. The molecule has 0 saturated heterocycles. The van der Waals surface area contributed by atoms with Crippen molar-refractivity contribution in [2.75, 3.05) is 0 Å². The average molecular weight is 461 g/mol. The van der Waals surface area contributed by atoms with Crippen molar-refractivity contribution in [2.45, 2.75) is 50.4 Å². The number of benzene rings is 2. The predicted octanol–water partition coefficient (Wildman–Crippen LogP) is 4.88. The number of para-hydroxylation sites is 1. The van der Waals surface area contributed by atoms with E-state index in [0.29, 0.717) is 28.0 Å². The summed E-state index contributed by atoms with van der Waals surface area (Å²) >= 11 is 1.46. The lowest BCUT2D eigenvalue weighted by Gasteiger charge is -2.12. The minimum Gasteiger partial charge on any atom is -0.338 e. The molecule has 0 aliphatic rings. The van der Waals surface area contributed by atoms with Crippen molar-refractivity contribution in [1.29, 1.82) is 0 Å². The summed E-state index contributed by atoms with van der Waals surface area (Å²) in [5.74, 6) is 1.64. The van der Waals surface area contributed by atoms with Gasteiger partial charge in [-0.1, -0.05) is 67.5 Å². The SMILES string of the molecule is Cc1ccc(-n2c(=O)c3ccccc3n3c(SC(C)c4nc(C(C)(C)C)no4)nnc23)cc1. The Morgan fingerprint density at radius 3 is 2.45 bits per heavy atom. The van der Waals surface area contributed by atoms with E-state index >= 15 is 0 Å². The molecule has 0 amide bonds. The summed E-state index contributed by atoms with van der Waals surface area (Å²) in [7, 11) is 0. The van der Waals surface area contributed by atoms with Gasteiger partial charge in [0.15, 0.2) is 11.0 Å². The first kappa shape index (κ1) is 21.4. The van der Waals surface area contributed by atoms with Gasteiger partial charge in [0.2, 0.25) is 11.7 Å². The summed E-state index contributed by atoms with van der Waals surface area (Å²) in [6, 6.07) is 15.3. The first-order valence-electron chi connectivity index (χ1n) is 10.7. The normalized spacial score (nSPS) is 13.1. The molecule has 3 aromatic heterocycles. The maximum absolute atomic E-state index is 13.4. The zero-order valence-corrected chi connectivity index (χ0v) is 19.9. The van der Waals surface area contributed by atoms with Gasteiger partial charge in [0, 0.05) is 5.41 Å². The quantitative estimate of drug-likeness (QED) is 0.353. The molecule has 0 saturated carbocycles. The van der Waals surface area contributed by atoms with Crippen LogP contribution in [0, 0.1) is 6.92 Å². The zero-order valence-electron chi connectivity index (χ0n) is 19.1. The Kier molecular flexibility index (Phi) is 5.08. The number of rotatable bonds is 4. The van der Waals surface area contributed by atoms with Gasteiger partial charge in [0.05, 0.1) is 21.8 Å². The van der Waals surface area contributed by atoms with E-state index in [1.807, 2.05) is 87.6 Å². The van der Waals surface area contributed by atoms with Gasteiger partial charge < -0.3 is 4.52 Å². The molecule has 0 fully saturated rings. The summed E-state index contributed by atoms with van der Waals surface area (Å²) in [5, 5.41) is 14.1. The molecular formula is C24H24N6O2S. The molecule has 0 spiro atoms. The molecule has 5 rings (SSSR count). The Labute approximate surface area is 194 Å². The highest BCUT2D eigenvalue weighted by molar-refractivity contribution is 7.99. The van der Waals surface area contributed by atoms with Crippen molar-refractivity contribution < 1.29 is 4.52 Å². The fourth-order valence-electron chi connectivity index (χ4n) is 3.60. The van der Waals surface area contributed by atoms with Crippen molar-refractivity contribution in [3.05, 3.63) is 76.2 Å². The summed E-state index contributed by atoms with van der Waals surface area (Å²) in [5.41, 5.74) is 2.27. The molecule has 0 N–H and O–H groups in total. The summed E-state index contributed by atoms with van der Waals surface area (Å²) < 4.78 is 9.05. The van der Waals surface area contributed by atoms with Crippen LogP contribution in [-0.2, 0) is 5.41 Å². The predicted molar refractivity (Wildman–Crippen MR) is 128 cm³/mol. The highest BCUT2D eigenvalue weighted by Gasteiger charge is 2.25. The van der Waals surface area contributed by atoms with Crippen LogP contribution in [0.25, 0.3) is 22.4 Å². The van der Waals surface area contributed by atoms with E-state index in [-0.39, 0.29) is 16.2 Å². The number of thioether (sulfide) groups is 1. The molecule has 168 valence electrons. The van der Waals surface area contributed by atoms with Crippen molar-refractivity contribution in [3.8, 4) is 5.69 Å². The van der Waals surface area contributed by atoms with E-state index in [1.165, 1.54) is 11.8 Å². The van der Waals surface area contributed by atoms with Gasteiger partial charge in [-0.2, -0.15) is 4.98 Å². The van der Waals surface area contributed by atoms with Crippen LogP contribution in [0.5, 0.6) is 0 Å². The van der Waals surface area contributed by atoms with Crippen LogP contribution >= 0.6 is 11.8 Å². The van der Waals surface area contributed by atoms with Gasteiger partial charge in [-0.05, 0) is 38.1 Å². The van der Waals surface area contributed by atoms with Crippen LogP contribution in [0.2, 0.25) is 0 Å². The van der Waals surface area contributed by atoms with Crippen LogP contribution < -0.4 is 5.56 Å². The van der Waals surface area contributed by atoms with Crippen LogP contribution in [0.15, 0.2) is 63.0 Å². The Morgan fingerprint density at radius 2 is 1.76 bits per heavy atom. The maximum atomic E-state index is 13.4. The molecule has 5 aromatic rings. The summed E-state index contributed by atoms with van der Waals surface area (Å²) in [6.45, 7) is 10.1. The molecule has 2 aromatic carbocycles. The fourth-order valence-corrected chi connectivity index (χ4v) is 4.48. The molecule has 0 aliphatic carbocycles. The minimum atomic E-state index is -0.200. The van der Waals surface area contributed by atoms with E-state index in [0.717, 1.165) is 16.8 Å². The Bertz CT molecular complexity index is 1530. The number of fused-ring (bicyclic) bond motifs is 3. The van der Waals surface area contributed by atoms with Crippen LogP contribution in [0.4, 0.5) is 0 Å². The number of hydrogen-bond acceptors (Lipinski definition) is 7. The van der Waals surface area contributed by atoms with E-state index in [9.17, 15) is 4.79 Å². The topological polar surface area (TPSA) is 91.1 Å². The smallest absolute Gasteiger partial charge is 0.267 e. The van der Waals surface area contributed by atoms with E-state index in [2.05, 4.69) is 20.3 Å². The first-order valence-corrected chi connectivity index (χ1v) is 11.6. The molecule has 1 unspecified atom stereocenters. The molecule has 3 heterocycles. The van der Waals surface area contributed by atoms with Gasteiger partial charge in [-0.25, -0.2) is 4.57 Å². The van der Waals surface area contributed by atoms with Crippen LogP contribution in [0.3, 0.4) is 0 Å². The Balaban J connectivity index is 1.66. The third-order valence-corrected chi connectivity index (χ3v) is 6.46. The van der Waals surface area contributed by atoms with Gasteiger partial charge in [-0.15, -0.1) is 10.2 Å². The second kappa shape index (κ2) is 7.84. The maximum Gasteiger partial charge on any atom is 0.267 e. The Hall–Kier alpha value is -3.46. The Morgan fingerprint density at radius 1 is 1.03 bits per heavy atom. The fraction of sp³-hybridized carbons (Fsp3) is 0.292. The number of hydrogen-bond donors (Lipinski definition) is 0. The zero-order chi connectivity index (χ0) is 23.3. The lowest BCUT2D eigenvalue weighted by atomic mass is 9.96. The third-order valence-electron chi connectivity index (χ3n) is 5.43. The number of aryl methyl sites for hydroxylation is 1. The van der Waals surface area contributed by atoms with E-state index in [4.69, 9.17) is 4.52 Å². The third kappa shape index (κ3) is 3.72. The monoisotopic (exact) mass is 460 g/mol. The number of nitrogens with zero attached hydrogens (tertiary/aromatic N) is 6. The highest BCUT2D eigenvalue weighted by atomic mass is 32.2. The average Bonchev–Trinajstić information content (AvgIpc) is 3.43. The molecule has 1 atom stereocenters. The standard InChI is InChI=1S/C24H24N6O2S/c1-14-10-12-16(13-11-14)29-20(31)17-8-6-7-9-18(17)30-22(29)26-27-23(30)33-15(2)19-25-21(28-32-19)24(3,4)5/h6-13,15H,1-5H3. The van der Waals surface area contributed by atoms with Crippen molar-refractivity contribution >= 4 is 28.4 Å². The molecule has 9 heteroatoms. The second-order valence-electron chi connectivity index (χ2n) is 9.08. The van der Waals surface area contributed by atoms with Gasteiger partial charge in [0.25, 0.3) is 5.56 Å². The van der Waals surface area contributed by atoms with E-state index < -0.39 is 0 Å². The van der Waals surface area contributed by atoms with Gasteiger partial charge >= 0.3 is 0 Å². The minimum absolute atomic E-state index is 0.134. The first-order chi connectivity index (χ1) is 15.7. The van der Waals surface area contributed by atoms with Crippen LogP contribution in [0.1, 0.15) is 50.2 Å². The lowest BCUT2D eigenvalue weighted by molar-refractivity contribution is 0.364. The molecule has 0 radical (unpaired) electrons. The molecule has 0 bridgehead atoms. The molecular weight excluding hydrogens is 436 g/mol.